The lowest BCUT2D eigenvalue weighted by molar-refractivity contribution is -0.798. The van der Waals surface area contributed by atoms with Gasteiger partial charge in [0.1, 0.15) is 22.9 Å². The highest BCUT2D eigenvalue weighted by Crippen LogP contribution is 2.24. The second-order valence-corrected chi connectivity index (χ2v) is 5.32. The summed E-state index contributed by atoms with van der Waals surface area (Å²) < 4.78 is 0. The van der Waals surface area contributed by atoms with Crippen LogP contribution in [0.1, 0.15) is 27.7 Å². The van der Waals surface area contributed by atoms with Crippen molar-refractivity contribution in [2.24, 2.45) is 0 Å². The number of nitrogens with zero attached hydrogens (tertiary/aromatic N) is 4. The van der Waals surface area contributed by atoms with E-state index >= 15 is 0 Å². The third kappa shape index (κ3) is 2.59. The highest BCUT2D eigenvalue weighted by Gasteiger charge is 2.61. The summed E-state index contributed by atoms with van der Waals surface area (Å²) in [7, 11) is 0. The van der Waals surface area contributed by atoms with Crippen molar-refractivity contribution < 1.29 is 9.85 Å². The van der Waals surface area contributed by atoms with Gasteiger partial charge in [-0.2, -0.15) is 0 Å². The van der Waals surface area contributed by atoms with Gasteiger partial charge in [-0.05, 0) is 27.7 Å². The van der Waals surface area contributed by atoms with E-state index in [0.717, 1.165) is 0 Å². The molecular formula is C10H20N4O4. The average Bonchev–Trinajstić information content (AvgIpc) is 2.27. The van der Waals surface area contributed by atoms with Crippen molar-refractivity contribution in [2.75, 3.05) is 19.8 Å². The smallest absolute Gasteiger partial charge is 0.275 e. The minimum Gasteiger partial charge on any atom is -0.275 e. The summed E-state index contributed by atoms with van der Waals surface area (Å²) >= 11 is 0. The Morgan fingerprint density at radius 2 is 1.28 bits per heavy atom. The Bertz CT molecular complexity index is 313. The molecule has 8 nitrogen and oxygen atoms in total. The topological polar surface area (TPSA) is 92.8 Å². The average molecular weight is 260 g/mol. The molecule has 0 atom stereocenters. The second-order valence-electron chi connectivity index (χ2n) is 5.32. The molecule has 0 bridgehead atoms. The van der Waals surface area contributed by atoms with Crippen LogP contribution in [0.5, 0.6) is 0 Å². The van der Waals surface area contributed by atoms with Crippen LogP contribution in [-0.2, 0) is 0 Å². The molecule has 1 aliphatic rings. The summed E-state index contributed by atoms with van der Waals surface area (Å²) in [6.45, 7) is 7.77. The molecule has 0 spiro atoms. The van der Waals surface area contributed by atoms with Gasteiger partial charge in [-0.15, -0.1) is 0 Å². The second kappa shape index (κ2) is 5.15. The van der Waals surface area contributed by atoms with Gasteiger partial charge in [0.05, 0.1) is 6.67 Å². The Morgan fingerprint density at radius 1 is 0.944 bits per heavy atom. The number of hydrogen-bond donors (Lipinski definition) is 0. The van der Waals surface area contributed by atoms with Crippen molar-refractivity contribution >= 4 is 0 Å². The van der Waals surface area contributed by atoms with E-state index in [1.54, 1.807) is 9.80 Å². The van der Waals surface area contributed by atoms with Crippen molar-refractivity contribution in [1.82, 2.24) is 9.80 Å². The van der Waals surface area contributed by atoms with Crippen molar-refractivity contribution in [3.63, 3.8) is 0 Å². The standard InChI is InChI=1S/C10H20N4O4/c1-8(2)11-5-10(13(15)16,14(17)18)6-12(7-11)9(3)4/h8-9H,5-7H2,1-4H3. The summed E-state index contributed by atoms with van der Waals surface area (Å²) in [5.41, 5.74) is -2.12. The molecule has 0 aromatic rings. The minimum atomic E-state index is -2.12. The summed E-state index contributed by atoms with van der Waals surface area (Å²) in [4.78, 5) is 24.4. The Labute approximate surface area is 106 Å². The fourth-order valence-corrected chi connectivity index (χ4v) is 2.02. The van der Waals surface area contributed by atoms with Crippen LogP contribution < -0.4 is 0 Å². The fraction of sp³-hybridized carbons (Fsp3) is 1.00. The molecule has 18 heavy (non-hydrogen) atoms. The van der Waals surface area contributed by atoms with E-state index in [4.69, 9.17) is 0 Å². The number of hydrogen-bond acceptors (Lipinski definition) is 6. The maximum atomic E-state index is 11.2. The van der Waals surface area contributed by atoms with E-state index in [1.165, 1.54) is 0 Å². The Hall–Kier alpha value is -1.28. The molecule has 0 N–H and O–H groups in total. The van der Waals surface area contributed by atoms with Gasteiger partial charge in [0.15, 0.2) is 0 Å². The first-order valence-electron chi connectivity index (χ1n) is 5.98. The van der Waals surface area contributed by atoms with Gasteiger partial charge >= 0.3 is 5.66 Å². The molecule has 8 heteroatoms. The van der Waals surface area contributed by atoms with E-state index in [1.807, 2.05) is 27.7 Å². The third-order valence-corrected chi connectivity index (χ3v) is 3.42. The monoisotopic (exact) mass is 260 g/mol. The molecule has 104 valence electrons. The van der Waals surface area contributed by atoms with Gasteiger partial charge in [0, 0.05) is 12.1 Å². The molecule has 0 amide bonds. The molecule has 0 aromatic carbocycles. The lowest BCUT2D eigenvalue weighted by Crippen LogP contribution is -2.68. The van der Waals surface area contributed by atoms with E-state index in [0.29, 0.717) is 6.67 Å². The van der Waals surface area contributed by atoms with Gasteiger partial charge in [-0.3, -0.25) is 30.0 Å². The zero-order chi connectivity index (χ0) is 14.1. The van der Waals surface area contributed by atoms with Gasteiger partial charge in [0.2, 0.25) is 0 Å². The van der Waals surface area contributed by atoms with Crippen molar-refractivity contribution in [2.45, 2.75) is 45.4 Å². The number of rotatable bonds is 4. The molecule has 1 rings (SSSR count). The highest BCUT2D eigenvalue weighted by molar-refractivity contribution is 4.85. The van der Waals surface area contributed by atoms with Crippen LogP contribution in [0.4, 0.5) is 0 Å². The largest absolute Gasteiger partial charge is 0.482 e. The van der Waals surface area contributed by atoms with E-state index in [9.17, 15) is 20.2 Å². The zero-order valence-electron chi connectivity index (χ0n) is 11.2. The SMILES string of the molecule is CC(C)N1CN(C(C)C)CC([N+](=O)[O-])([N+](=O)[O-])C1. The van der Waals surface area contributed by atoms with Gasteiger partial charge in [0.25, 0.3) is 0 Å². The Morgan fingerprint density at radius 3 is 1.50 bits per heavy atom. The summed E-state index contributed by atoms with van der Waals surface area (Å²) in [5, 5.41) is 22.3. The third-order valence-electron chi connectivity index (χ3n) is 3.42. The highest BCUT2D eigenvalue weighted by atomic mass is 16.7. The van der Waals surface area contributed by atoms with Crippen LogP contribution in [0, 0.1) is 20.2 Å². The van der Waals surface area contributed by atoms with Crippen molar-refractivity contribution in [3.05, 3.63) is 20.2 Å². The normalized spacial score (nSPS) is 21.4. The zero-order valence-corrected chi connectivity index (χ0v) is 11.2. The van der Waals surface area contributed by atoms with Crippen LogP contribution in [-0.4, -0.2) is 57.2 Å². The van der Waals surface area contributed by atoms with Gasteiger partial charge in [-0.25, -0.2) is 0 Å². The van der Waals surface area contributed by atoms with Crippen LogP contribution in [0.2, 0.25) is 0 Å². The molecule has 1 saturated heterocycles. The molecule has 1 aliphatic heterocycles. The quantitative estimate of drug-likeness (QED) is 0.418. The Balaban J connectivity index is 3.10. The summed E-state index contributed by atoms with van der Waals surface area (Å²) in [6, 6.07) is 0.0663. The first-order valence-corrected chi connectivity index (χ1v) is 5.98. The lowest BCUT2D eigenvalue weighted by Gasteiger charge is -2.41. The molecule has 0 saturated carbocycles. The molecular weight excluding hydrogens is 240 g/mol. The lowest BCUT2D eigenvalue weighted by atomic mass is 10.1. The van der Waals surface area contributed by atoms with Crippen LogP contribution in [0.25, 0.3) is 0 Å². The van der Waals surface area contributed by atoms with Crippen LogP contribution >= 0.6 is 0 Å². The summed E-state index contributed by atoms with van der Waals surface area (Å²) in [5.74, 6) is 0. The van der Waals surface area contributed by atoms with E-state index in [-0.39, 0.29) is 25.2 Å². The summed E-state index contributed by atoms with van der Waals surface area (Å²) in [6.07, 6.45) is 0. The predicted molar refractivity (Wildman–Crippen MR) is 65.3 cm³/mol. The van der Waals surface area contributed by atoms with Crippen molar-refractivity contribution in [1.29, 1.82) is 0 Å². The molecule has 0 aromatic heterocycles. The van der Waals surface area contributed by atoms with E-state index in [2.05, 4.69) is 0 Å². The maximum absolute atomic E-state index is 11.2. The van der Waals surface area contributed by atoms with Gasteiger partial charge in [-0.1, -0.05) is 0 Å². The molecule has 0 aliphatic carbocycles. The van der Waals surface area contributed by atoms with Crippen LogP contribution in [0.3, 0.4) is 0 Å². The van der Waals surface area contributed by atoms with E-state index < -0.39 is 15.5 Å². The van der Waals surface area contributed by atoms with Crippen molar-refractivity contribution in [3.8, 4) is 0 Å². The number of nitro groups is 2. The first-order chi connectivity index (χ1) is 8.20. The molecule has 0 unspecified atom stereocenters. The molecule has 1 heterocycles. The molecule has 1 fully saturated rings. The fourth-order valence-electron chi connectivity index (χ4n) is 2.02. The minimum absolute atomic E-state index is 0.0332. The Kier molecular flexibility index (Phi) is 4.23. The first kappa shape index (κ1) is 14.8. The van der Waals surface area contributed by atoms with Crippen LogP contribution in [0.15, 0.2) is 0 Å². The molecule has 0 radical (unpaired) electrons. The maximum Gasteiger partial charge on any atom is 0.482 e. The predicted octanol–water partition coefficient (Wildman–Crippen LogP) is 0.628. The van der Waals surface area contributed by atoms with Gasteiger partial charge < -0.3 is 0 Å².